The van der Waals surface area contributed by atoms with Gasteiger partial charge in [-0.2, -0.15) is 0 Å². The molecule has 126 valence electrons. The maximum Gasteiger partial charge on any atom is 0.339 e. The molecule has 5 nitrogen and oxygen atoms in total. The fourth-order valence-electron chi connectivity index (χ4n) is 2.95. The van der Waals surface area contributed by atoms with E-state index in [0.717, 1.165) is 5.56 Å². The van der Waals surface area contributed by atoms with Gasteiger partial charge in [0.15, 0.2) is 0 Å². The monoisotopic (exact) mass is 365 g/mol. The average Bonchev–Trinajstić information content (AvgIpc) is 2.90. The van der Waals surface area contributed by atoms with Gasteiger partial charge < -0.3 is 4.74 Å². The molecule has 2 aromatic rings. The minimum absolute atomic E-state index is 0.0100. The highest BCUT2D eigenvalue weighted by atomic mass is 35.5. The van der Waals surface area contributed by atoms with Crippen LogP contribution in [-0.2, 0) is 21.2 Å². The van der Waals surface area contributed by atoms with E-state index in [1.165, 1.54) is 29.6 Å². The number of hydrogen-bond donors (Lipinski definition) is 0. The van der Waals surface area contributed by atoms with Crippen molar-refractivity contribution in [3.8, 4) is 0 Å². The number of halogens is 1. The van der Waals surface area contributed by atoms with Crippen molar-refractivity contribution in [2.45, 2.75) is 24.3 Å². The SMILES string of the molecule is COC(=O)c1cc(S(=O)(=O)N2c3ccccc3C[C@@H]2C)ccc1Cl. The average molecular weight is 366 g/mol. The quantitative estimate of drug-likeness (QED) is 0.783. The first-order valence-corrected chi connectivity index (χ1v) is 9.18. The van der Waals surface area contributed by atoms with Crippen LogP contribution in [-0.4, -0.2) is 27.5 Å². The molecule has 0 spiro atoms. The molecule has 2 aromatic carbocycles. The summed E-state index contributed by atoms with van der Waals surface area (Å²) in [5.74, 6) is -0.674. The minimum Gasteiger partial charge on any atom is -0.465 e. The summed E-state index contributed by atoms with van der Waals surface area (Å²) in [6.45, 7) is 1.86. The number of sulfonamides is 1. The molecule has 1 heterocycles. The van der Waals surface area contributed by atoms with Crippen LogP contribution < -0.4 is 4.31 Å². The number of hydrogen-bond acceptors (Lipinski definition) is 4. The number of fused-ring (bicyclic) bond motifs is 1. The van der Waals surface area contributed by atoms with Crippen LogP contribution in [0.5, 0.6) is 0 Å². The van der Waals surface area contributed by atoms with E-state index in [4.69, 9.17) is 11.6 Å². The summed E-state index contributed by atoms with van der Waals surface area (Å²) in [4.78, 5) is 11.8. The number of nitrogens with zero attached hydrogens (tertiary/aromatic N) is 1. The maximum atomic E-state index is 13.1. The molecule has 1 aliphatic heterocycles. The van der Waals surface area contributed by atoms with Crippen LogP contribution in [0.2, 0.25) is 5.02 Å². The van der Waals surface area contributed by atoms with Gasteiger partial charge in [0.25, 0.3) is 10.0 Å². The molecule has 0 N–H and O–H groups in total. The number of benzene rings is 2. The van der Waals surface area contributed by atoms with Crippen LogP contribution in [0.1, 0.15) is 22.8 Å². The second-order valence-electron chi connectivity index (χ2n) is 5.62. The fourth-order valence-corrected chi connectivity index (χ4v) is 4.86. The lowest BCUT2D eigenvalue weighted by Gasteiger charge is -2.24. The Kier molecular flexibility index (Phi) is 4.27. The molecule has 1 aliphatic rings. The molecule has 0 bridgehead atoms. The Labute approximate surface area is 145 Å². The first-order valence-electron chi connectivity index (χ1n) is 7.36. The zero-order chi connectivity index (χ0) is 17.5. The van der Waals surface area contributed by atoms with Gasteiger partial charge in [0.1, 0.15) is 0 Å². The van der Waals surface area contributed by atoms with Crippen molar-refractivity contribution < 1.29 is 17.9 Å². The lowest BCUT2D eigenvalue weighted by Crippen LogP contribution is -2.35. The van der Waals surface area contributed by atoms with Crippen molar-refractivity contribution >= 4 is 33.3 Å². The second-order valence-corrected chi connectivity index (χ2v) is 7.84. The summed E-state index contributed by atoms with van der Waals surface area (Å²) in [6.07, 6.45) is 0.646. The van der Waals surface area contributed by atoms with E-state index in [9.17, 15) is 13.2 Å². The molecular formula is C17H16ClNO4S. The predicted molar refractivity (Wildman–Crippen MR) is 92.1 cm³/mol. The first-order chi connectivity index (χ1) is 11.4. The van der Waals surface area contributed by atoms with Gasteiger partial charge in [0.2, 0.25) is 0 Å². The Hall–Kier alpha value is -2.05. The molecule has 3 rings (SSSR count). The third-order valence-corrected chi connectivity index (χ3v) is 6.30. The lowest BCUT2D eigenvalue weighted by atomic mass is 10.1. The van der Waals surface area contributed by atoms with Crippen molar-refractivity contribution in [2.24, 2.45) is 0 Å². The van der Waals surface area contributed by atoms with Crippen LogP contribution in [0.4, 0.5) is 5.69 Å². The topological polar surface area (TPSA) is 63.7 Å². The Balaban J connectivity index is 2.11. The highest BCUT2D eigenvalue weighted by Crippen LogP contribution is 2.37. The maximum absolute atomic E-state index is 13.1. The smallest absolute Gasteiger partial charge is 0.339 e. The molecule has 0 unspecified atom stereocenters. The second kappa shape index (κ2) is 6.11. The molecule has 24 heavy (non-hydrogen) atoms. The zero-order valence-corrected chi connectivity index (χ0v) is 14.8. The number of anilines is 1. The van der Waals surface area contributed by atoms with Gasteiger partial charge in [0.05, 0.1) is 28.3 Å². The molecular weight excluding hydrogens is 350 g/mol. The molecule has 0 radical (unpaired) electrons. The summed E-state index contributed by atoms with van der Waals surface area (Å²) in [5, 5.41) is 0.149. The number of rotatable bonds is 3. The zero-order valence-electron chi connectivity index (χ0n) is 13.2. The van der Waals surface area contributed by atoms with E-state index in [1.807, 2.05) is 19.1 Å². The van der Waals surface area contributed by atoms with E-state index in [1.54, 1.807) is 12.1 Å². The van der Waals surface area contributed by atoms with Gasteiger partial charge in [-0.3, -0.25) is 4.31 Å². The van der Waals surface area contributed by atoms with E-state index < -0.39 is 16.0 Å². The summed E-state index contributed by atoms with van der Waals surface area (Å²) >= 11 is 5.98. The highest BCUT2D eigenvalue weighted by Gasteiger charge is 2.36. The number of esters is 1. The first kappa shape index (κ1) is 16.8. The van der Waals surface area contributed by atoms with E-state index >= 15 is 0 Å². The number of carbonyl (C=O) groups excluding carboxylic acids is 1. The summed E-state index contributed by atoms with van der Waals surface area (Å²) in [7, 11) is -2.59. The molecule has 0 aromatic heterocycles. The van der Waals surface area contributed by atoms with Crippen LogP contribution in [0.3, 0.4) is 0 Å². The molecule has 0 fully saturated rings. The van der Waals surface area contributed by atoms with E-state index in [-0.39, 0.29) is 21.5 Å². The van der Waals surface area contributed by atoms with Crippen molar-refractivity contribution in [1.29, 1.82) is 0 Å². The van der Waals surface area contributed by atoms with E-state index in [0.29, 0.717) is 12.1 Å². The number of para-hydroxylation sites is 1. The summed E-state index contributed by atoms with van der Waals surface area (Å²) in [6, 6.07) is 11.3. The van der Waals surface area contributed by atoms with Gasteiger partial charge >= 0.3 is 5.97 Å². The van der Waals surface area contributed by atoms with Gasteiger partial charge in [-0.1, -0.05) is 29.8 Å². The van der Waals surface area contributed by atoms with E-state index in [2.05, 4.69) is 4.74 Å². The van der Waals surface area contributed by atoms with Crippen LogP contribution >= 0.6 is 11.6 Å². The van der Waals surface area contributed by atoms with Crippen molar-refractivity contribution in [3.63, 3.8) is 0 Å². The van der Waals surface area contributed by atoms with Gasteiger partial charge in [-0.25, -0.2) is 13.2 Å². The van der Waals surface area contributed by atoms with Gasteiger partial charge in [-0.05, 0) is 43.2 Å². The van der Waals surface area contributed by atoms with Crippen molar-refractivity contribution in [1.82, 2.24) is 0 Å². The number of ether oxygens (including phenoxy) is 1. The Morgan fingerprint density at radius 1 is 1.25 bits per heavy atom. The highest BCUT2D eigenvalue weighted by molar-refractivity contribution is 7.92. The standard InChI is InChI=1S/C17H16ClNO4S/c1-11-9-12-5-3-4-6-16(12)19(11)24(21,22)13-7-8-15(18)14(10-13)17(20)23-2/h3-8,10-11H,9H2,1-2H3/t11-/m0/s1. The van der Waals surface area contributed by atoms with Crippen LogP contribution in [0, 0.1) is 0 Å². The fraction of sp³-hybridized carbons (Fsp3) is 0.235. The number of carbonyl (C=O) groups is 1. The third-order valence-electron chi connectivity index (χ3n) is 4.04. The Morgan fingerprint density at radius 2 is 1.96 bits per heavy atom. The van der Waals surface area contributed by atoms with Crippen molar-refractivity contribution in [2.75, 3.05) is 11.4 Å². The van der Waals surface area contributed by atoms with Gasteiger partial charge in [0, 0.05) is 6.04 Å². The molecule has 0 saturated heterocycles. The molecule has 0 amide bonds. The Morgan fingerprint density at radius 3 is 2.67 bits per heavy atom. The largest absolute Gasteiger partial charge is 0.465 e. The third kappa shape index (κ3) is 2.65. The minimum atomic E-state index is -3.82. The predicted octanol–water partition coefficient (Wildman–Crippen LogP) is 3.27. The van der Waals surface area contributed by atoms with Gasteiger partial charge in [-0.15, -0.1) is 0 Å². The van der Waals surface area contributed by atoms with Crippen LogP contribution in [0.15, 0.2) is 47.4 Å². The summed E-state index contributed by atoms with van der Waals surface area (Å²) in [5.41, 5.74) is 1.68. The lowest BCUT2D eigenvalue weighted by molar-refractivity contribution is 0.0600. The normalized spacial score (nSPS) is 16.8. The van der Waals surface area contributed by atoms with Crippen molar-refractivity contribution in [3.05, 3.63) is 58.6 Å². The number of methoxy groups -OCH3 is 1. The molecule has 1 atom stereocenters. The molecule has 0 aliphatic carbocycles. The molecule has 0 saturated carbocycles. The van der Waals surface area contributed by atoms with Crippen LogP contribution in [0.25, 0.3) is 0 Å². The molecule has 7 heteroatoms. The summed E-state index contributed by atoms with van der Waals surface area (Å²) < 4.78 is 32.3. The Bertz CT molecular complexity index is 911.